The first-order valence-electron chi connectivity index (χ1n) is 9.40. The molecule has 7 nitrogen and oxygen atoms in total. The fourth-order valence-corrected chi connectivity index (χ4v) is 3.46. The molecule has 1 aliphatic rings. The number of carbonyl (C=O) groups excluding carboxylic acids is 1. The van der Waals surface area contributed by atoms with E-state index in [9.17, 15) is 19.8 Å². The molecule has 7 heteroatoms. The minimum absolute atomic E-state index is 0.244. The lowest BCUT2D eigenvalue weighted by molar-refractivity contribution is -0.146. The van der Waals surface area contributed by atoms with E-state index >= 15 is 0 Å². The molecule has 0 heterocycles. The van der Waals surface area contributed by atoms with Gasteiger partial charge in [0.25, 0.3) is 0 Å². The number of ether oxygens (including phenoxy) is 1. The van der Waals surface area contributed by atoms with Crippen LogP contribution in [0.15, 0.2) is 0 Å². The Morgan fingerprint density at radius 2 is 1.92 bits per heavy atom. The first kappa shape index (κ1) is 21.9. The first-order chi connectivity index (χ1) is 12.0. The van der Waals surface area contributed by atoms with Crippen LogP contribution in [0.5, 0.6) is 0 Å². The van der Waals surface area contributed by atoms with Gasteiger partial charge in [-0.3, -0.25) is 9.59 Å². The molecule has 0 radical (unpaired) electrons. The van der Waals surface area contributed by atoms with Gasteiger partial charge in [0, 0.05) is 12.5 Å². The van der Waals surface area contributed by atoms with Gasteiger partial charge in [0.05, 0.1) is 13.0 Å². The van der Waals surface area contributed by atoms with Crippen molar-refractivity contribution in [2.75, 3.05) is 13.2 Å². The lowest BCUT2D eigenvalue weighted by atomic mass is 9.84. The highest BCUT2D eigenvalue weighted by atomic mass is 16.6. The molecule has 0 aromatic rings. The van der Waals surface area contributed by atoms with Crippen molar-refractivity contribution in [2.45, 2.75) is 77.0 Å². The third-order valence-electron chi connectivity index (χ3n) is 4.89. The third-order valence-corrected chi connectivity index (χ3v) is 4.89. The molecule has 0 aliphatic heterocycles. The molecule has 25 heavy (non-hydrogen) atoms. The number of nitrogens with one attached hydrogen (secondary N) is 1. The molecule has 0 aromatic heterocycles. The van der Waals surface area contributed by atoms with Gasteiger partial charge in [-0.25, -0.2) is 0 Å². The van der Waals surface area contributed by atoms with Gasteiger partial charge in [-0.2, -0.15) is 0 Å². The maximum absolute atomic E-state index is 12.4. The Morgan fingerprint density at radius 3 is 2.48 bits per heavy atom. The SMILES string of the molecule is CCOC(O)[C@H](CO)NC(=O)[C@H](CCCC1CCCCC1)CC(=O)O. The number of rotatable bonds is 12. The van der Waals surface area contributed by atoms with Gasteiger partial charge in [0.15, 0.2) is 6.29 Å². The number of hydrogen-bond donors (Lipinski definition) is 4. The summed E-state index contributed by atoms with van der Waals surface area (Å²) in [5.41, 5.74) is 0. The number of aliphatic hydroxyl groups excluding tert-OH is 2. The van der Waals surface area contributed by atoms with Gasteiger partial charge in [0.2, 0.25) is 5.91 Å². The zero-order valence-electron chi connectivity index (χ0n) is 15.2. The molecule has 4 N–H and O–H groups in total. The molecule has 1 rings (SSSR count). The van der Waals surface area contributed by atoms with Gasteiger partial charge in [-0.15, -0.1) is 0 Å². The van der Waals surface area contributed by atoms with Crippen molar-refractivity contribution in [3.05, 3.63) is 0 Å². The lowest BCUT2D eigenvalue weighted by Gasteiger charge is -2.25. The average molecular weight is 359 g/mol. The van der Waals surface area contributed by atoms with Gasteiger partial charge in [-0.05, 0) is 19.3 Å². The van der Waals surface area contributed by atoms with Crippen LogP contribution in [0.2, 0.25) is 0 Å². The van der Waals surface area contributed by atoms with Crippen molar-refractivity contribution in [3.8, 4) is 0 Å². The van der Waals surface area contributed by atoms with Gasteiger partial charge < -0.3 is 25.4 Å². The van der Waals surface area contributed by atoms with Gasteiger partial charge in [-0.1, -0.05) is 44.9 Å². The zero-order valence-corrected chi connectivity index (χ0v) is 15.2. The Morgan fingerprint density at radius 1 is 1.24 bits per heavy atom. The first-order valence-corrected chi connectivity index (χ1v) is 9.40. The molecule has 1 aliphatic carbocycles. The number of aliphatic hydroxyl groups is 2. The smallest absolute Gasteiger partial charge is 0.304 e. The molecule has 3 atom stereocenters. The van der Waals surface area contributed by atoms with Crippen LogP contribution in [0.1, 0.15) is 64.7 Å². The van der Waals surface area contributed by atoms with Crippen molar-refractivity contribution in [1.29, 1.82) is 0 Å². The highest BCUT2D eigenvalue weighted by molar-refractivity contribution is 5.83. The Hall–Kier alpha value is -1.18. The maximum atomic E-state index is 12.4. The molecular formula is C18H33NO6. The summed E-state index contributed by atoms with van der Waals surface area (Å²) in [4.78, 5) is 23.5. The highest BCUT2D eigenvalue weighted by Crippen LogP contribution is 2.28. The standard InChI is InChI=1S/C18H33NO6/c1-2-25-18(24)15(12-20)19-17(23)14(11-16(21)22)10-6-9-13-7-4-3-5-8-13/h13-15,18,20,24H,2-12H2,1H3,(H,19,23)(H,21,22)/t14-,15+,18?/m1/s1. The third kappa shape index (κ3) is 8.65. The van der Waals surface area contributed by atoms with Crippen LogP contribution in [0.25, 0.3) is 0 Å². The fraction of sp³-hybridized carbons (Fsp3) is 0.889. The second-order valence-corrected chi connectivity index (χ2v) is 6.87. The van der Waals surface area contributed by atoms with Gasteiger partial charge >= 0.3 is 5.97 Å². The molecule has 0 bridgehead atoms. The Labute approximate surface area is 149 Å². The number of carbonyl (C=O) groups is 2. The van der Waals surface area contributed by atoms with E-state index in [1.807, 2.05) is 0 Å². The Kier molecular flexibility index (Phi) is 10.7. The minimum Gasteiger partial charge on any atom is -0.481 e. The molecule has 1 saturated carbocycles. The van der Waals surface area contributed by atoms with E-state index in [1.165, 1.54) is 32.1 Å². The van der Waals surface area contributed by atoms with Crippen LogP contribution in [-0.4, -0.2) is 52.7 Å². The van der Waals surface area contributed by atoms with E-state index in [0.717, 1.165) is 12.8 Å². The number of amides is 1. The number of carboxylic acid groups (broad SMARTS) is 1. The monoisotopic (exact) mass is 359 g/mol. The molecule has 1 unspecified atom stereocenters. The molecule has 146 valence electrons. The van der Waals surface area contributed by atoms with Crippen LogP contribution < -0.4 is 5.32 Å². The quantitative estimate of drug-likeness (QED) is 0.394. The summed E-state index contributed by atoms with van der Waals surface area (Å²) in [6.45, 7) is 1.46. The maximum Gasteiger partial charge on any atom is 0.304 e. The Bertz CT molecular complexity index is 397. The van der Waals surface area contributed by atoms with Crippen LogP contribution in [0.4, 0.5) is 0 Å². The van der Waals surface area contributed by atoms with E-state index < -0.39 is 36.7 Å². The highest BCUT2D eigenvalue weighted by Gasteiger charge is 2.27. The molecular weight excluding hydrogens is 326 g/mol. The summed E-state index contributed by atoms with van der Waals surface area (Å²) in [6.07, 6.45) is 7.04. The predicted octanol–water partition coefficient (Wildman–Crippen LogP) is 1.66. The van der Waals surface area contributed by atoms with Crippen LogP contribution in [0.3, 0.4) is 0 Å². The van der Waals surface area contributed by atoms with Crippen molar-refractivity contribution in [1.82, 2.24) is 5.32 Å². The van der Waals surface area contributed by atoms with E-state index in [1.54, 1.807) is 6.92 Å². The van der Waals surface area contributed by atoms with Gasteiger partial charge in [0.1, 0.15) is 6.04 Å². The lowest BCUT2D eigenvalue weighted by Crippen LogP contribution is -2.49. The zero-order chi connectivity index (χ0) is 18.7. The van der Waals surface area contributed by atoms with E-state index in [-0.39, 0.29) is 13.0 Å². The summed E-state index contributed by atoms with van der Waals surface area (Å²) in [5.74, 6) is -1.45. The summed E-state index contributed by atoms with van der Waals surface area (Å²) in [5, 5.41) is 30.6. The van der Waals surface area contributed by atoms with Crippen LogP contribution in [0, 0.1) is 11.8 Å². The average Bonchev–Trinajstić information content (AvgIpc) is 2.59. The van der Waals surface area contributed by atoms with E-state index in [2.05, 4.69) is 5.32 Å². The van der Waals surface area contributed by atoms with E-state index in [4.69, 9.17) is 9.84 Å². The molecule has 1 amide bonds. The summed E-state index contributed by atoms with van der Waals surface area (Å²) >= 11 is 0. The Balaban J connectivity index is 2.50. The normalized spacial score (nSPS) is 19.2. The van der Waals surface area contributed by atoms with Crippen molar-refractivity contribution < 1.29 is 29.6 Å². The topological polar surface area (TPSA) is 116 Å². The van der Waals surface area contributed by atoms with Crippen LogP contribution >= 0.6 is 0 Å². The fourth-order valence-electron chi connectivity index (χ4n) is 3.46. The summed E-state index contributed by atoms with van der Waals surface area (Å²) < 4.78 is 4.98. The number of aliphatic carboxylic acids is 1. The van der Waals surface area contributed by atoms with Crippen molar-refractivity contribution in [2.24, 2.45) is 11.8 Å². The molecule has 1 fully saturated rings. The second kappa shape index (κ2) is 12.2. The number of hydrogen-bond acceptors (Lipinski definition) is 5. The van der Waals surface area contributed by atoms with Crippen LogP contribution in [-0.2, 0) is 14.3 Å². The predicted molar refractivity (Wildman–Crippen MR) is 92.8 cm³/mol. The summed E-state index contributed by atoms with van der Waals surface area (Å²) in [7, 11) is 0. The van der Waals surface area contributed by atoms with Crippen molar-refractivity contribution in [3.63, 3.8) is 0 Å². The van der Waals surface area contributed by atoms with E-state index in [0.29, 0.717) is 12.3 Å². The second-order valence-electron chi connectivity index (χ2n) is 6.87. The molecule has 0 aromatic carbocycles. The minimum atomic E-state index is -1.31. The molecule has 0 spiro atoms. The summed E-state index contributed by atoms with van der Waals surface area (Å²) in [6, 6.07) is -0.956. The largest absolute Gasteiger partial charge is 0.481 e. The molecule has 0 saturated heterocycles. The number of carboxylic acids is 1. The van der Waals surface area contributed by atoms with Crippen molar-refractivity contribution >= 4 is 11.9 Å².